The number of ether oxygens (including phenoxy) is 2. The Kier molecular flexibility index (Phi) is 7.99. The fourth-order valence-electron chi connectivity index (χ4n) is 4.92. The zero-order valence-corrected chi connectivity index (χ0v) is 21.6. The predicted molar refractivity (Wildman–Crippen MR) is 139 cm³/mol. The van der Waals surface area contributed by atoms with Gasteiger partial charge in [0.15, 0.2) is 0 Å². The fraction of sp³-hybridized carbons (Fsp3) is 0.519. The van der Waals surface area contributed by atoms with Crippen molar-refractivity contribution < 1.29 is 19.1 Å². The number of hydrazone groups is 1. The molecule has 2 amide bonds. The summed E-state index contributed by atoms with van der Waals surface area (Å²) in [4.78, 5) is 32.2. The first-order valence-electron chi connectivity index (χ1n) is 12.8. The number of nitrogens with zero attached hydrogens (tertiary/aromatic N) is 4. The van der Waals surface area contributed by atoms with E-state index in [2.05, 4.69) is 4.90 Å². The van der Waals surface area contributed by atoms with Crippen molar-refractivity contribution in [2.24, 2.45) is 11.0 Å². The molecule has 192 valence electrons. The smallest absolute Gasteiger partial charge is 0.262 e. The largest absolute Gasteiger partial charge is 0.497 e. The molecule has 0 N–H and O–H groups in total. The second-order valence-electron chi connectivity index (χ2n) is 9.60. The van der Waals surface area contributed by atoms with Crippen molar-refractivity contribution >= 4 is 28.9 Å². The molecule has 2 fully saturated rings. The first kappa shape index (κ1) is 24.9. The minimum absolute atomic E-state index is 0.0450. The van der Waals surface area contributed by atoms with Crippen LogP contribution in [0.4, 0.5) is 0 Å². The quantitative estimate of drug-likeness (QED) is 0.517. The highest BCUT2D eigenvalue weighted by molar-refractivity contribution is 7.12. The number of hydrogen-bond acceptors (Lipinski definition) is 7. The van der Waals surface area contributed by atoms with E-state index in [-0.39, 0.29) is 30.3 Å². The Labute approximate surface area is 216 Å². The van der Waals surface area contributed by atoms with Gasteiger partial charge in [0.2, 0.25) is 5.91 Å². The summed E-state index contributed by atoms with van der Waals surface area (Å²) in [5, 5.41) is 8.41. The molecule has 8 nitrogen and oxygen atoms in total. The van der Waals surface area contributed by atoms with Crippen LogP contribution in [0, 0.1) is 5.92 Å². The molecule has 3 aliphatic rings. The van der Waals surface area contributed by atoms with E-state index in [0.717, 1.165) is 60.8 Å². The third kappa shape index (κ3) is 5.63. The molecule has 1 aromatic heterocycles. The Bertz CT molecular complexity index is 1060. The lowest BCUT2D eigenvalue weighted by molar-refractivity contribution is -0.145. The summed E-state index contributed by atoms with van der Waals surface area (Å²) in [6, 6.07) is 11.6. The molecule has 36 heavy (non-hydrogen) atoms. The topological polar surface area (TPSA) is 74.7 Å². The number of amides is 2. The SMILES string of the molecule is COc1ccc(C2CC(c3cccs3)=NN2C(=O)CN(CCN2CCOCC2)C(=O)C2CCC2)cc1. The van der Waals surface area contributed by atoms with Gasteiger partial charge >= 0.3 is 0 Å². The molecule has 1 aliphatic carbocycles. The van der Waals surface area contributed by atoms with Crippen LogP contribution in [0.5, 0.6) is 5.75 Å². The van der Waals surface area contributed by atoms with Crippen molar-refractivity contribution in [2.75, 3.05) is 53.0 Å². The maximum Gasteiger partial charge on any atom is 0.262 e. The van der Waals surface area contributed by atoms with E-state index < -0.39 is 0 Å². The Morgan fingerprint density at radius 1 is 1.17 bits per heavy atom. The van der Waals surface area contributed by atoms with Crippen LogP contribution in [0.3, 0.4) is 0 Å². The minimum Gasteiger partial charge on any atom is -0.497 e. The zero-order chi connectivity index (χ0) is 24.9. The average molecular weight is 511 g/mol. The van der Waals surface area contributed by atoms with Gasteiger partial charge in [-0.15, -0.1) is 11.3 Å². The van der Waals surface area contributed by atoms with Gasteiger partial charge in [-0.1, -0.05) is 24.6 Å². The molecule has 1 aromatic carbocycles. The number of carbonyl (C=O) groups is 2. The molecule has 0 bridgehead atoms. The number of rotatable bonds is 9. The summed E-state index contributed by atoms with van der Waals surface area (Å²) in [7, 11) is 1.64. The van der Waals surface area contributed by atoms with Crippen molar-refractivity contribution in [3.63, 3.8) is 0 Å². The Hall–Kier alpha value is -2.75. The summed E-state index contributed by atoms with van der Waals surface area (Å²) in [6.45, 7) is 4.50. The van der Waals surface area contributed by atoms with Crippen molar-refractivity contribution in [3.8, 4) is 5.75 Å². The van der Waals surface area contributed by atoms with E-state index in [1.54, 1.807) is 28.4 Å². The molecule has 1 saturated carbocycles. The molecular formula is C27H34N4O4S. The number of methoxy groups -OCH3 is 1. The van der Waals surface area contributed by atoms with Crippen LogP contribution in [0.25, 0.3) is 0 Å². The van der Waals surface area contributed by atoms with Gasteiger partial charge in [0.25, 0.3) is 5.91 Å². The van der Waals surface area contributed by atoms with E-state index >= 15 is 0 Å². The van der Waals surface area contributed by atoms with Crippen molar-refractivity contribution in [3.05, 3.63) is 52.2 Å². The number of morpholine rings is 1. The molecule has 2 aromatic rings. The Morgan fingerprint density at radius 3 is 2.58 bits per heavy atom. The molecule has 0 spiro atoms. The lowest BCUT2D eigenvalue weighted by Crippen LogP contribution is -2.49. The standard InChI is InChI=1S/C27H34N4O4S/c1-34-22-9-7-20(8-10-22)24-18-23(25-6-3-17-36-25)28-31(24)26(32)19-30(27(33)21-4-2-5-21)12-11-29-13-15-35-16-14-29/h3,6-10,17,21,24H,2,4-5,11-16,18-19H2,1H3. The highest BCUT2D eigenvalue weighted by Gasteiger charge is 2.36. The van der Waals surface area contributed by atoms with Crippen LogP contribution in [0.15, 0.2) is 46.9 Å². The normalized spacial score (nSPS) is 20.6. The van der Waals surface area contributed by atoms with Crippen LogP contribution in [0.2, 0.25) is 0 Å². The summed E-state index contributed by atoms with van der Waals surface area (Å²) in [5.41, 5.74) is 1.91. The van der Waals surface area contributed by atoms with Gasteiger partial charge in [-0.25, -0.2) is 5.01 Å². The molecule has 1 atom stereocenters. The van der Waals surface area contributed by atoms with Gasteiger partial charge < -0.3 is 14.4 Å². The molecule has 9 heteroatoms. The molecule has 3 heterocycles. The minimum atomic E-state index is -0.208. The van der Waals surface area contributed by atoms with Crippen molar-refractivity contribution in [2.45, 2.75) is 31.7 Å². The first-order valence-corrected chi connectivity index (χ1v) is 13.7. The Balaban J connectivity index is 1.34. The van der Waals surface area contributed by atoms with Crippen LogP contribution in [0.1, 0.15) is 42.2 Å². The average Bonchev–Trinajstić information content (AvgIpc) is 3.56. The van der Waals surface area contributed by atoms with Crippen LogP contribution in [-0.4, -0.2) is 85.4 Å². The summed E-state index contributed by atoms with van der Waals surface area (Å²) in [6.07, 6.45) is 3.56. The molecule has 1 saturated heterocycles. The van der Waals surface area contributed by atoms with Crippen molar-refractivity contribution in [1.82, 2.24) is 14.8 Å². The van der Waals surface area contributed by atoms with E-state index in [4.69, 9.17) is 14.6 Å². The summed E-state index contributed by atoms with van der Waals surface area (Å²) in [5.74, 6) is 0.778. The van der Waals surface area contributed by atoms with Gasteiger partial charge in [0.1, 0.15) is 12.3 Å². The van der Waals surface area contributed by atoms with Gasteiger partial charge in [0.05, 0.1) is 37.0 Å². The first-order chi connectivity index (χ1) is 17.6. The number of thiophene rings is 1. The van der Waals surface area contributed by atoms with Gasteiger partial charge in [-0.05, 0) is 42.0 Å². The zero-order valence-electron chi connectivity index (χ0n) is 20.8. The highest BCUT2D eigenvalue weighted by atomic mass is 32.1. The molecule has 1 unspecified atom stereocenters. The molecule has 0 radical (unpaired) electrons. The number of benzene rings is 1. The molecular weight excluding hydrogens is 476 g/mol. The van der Waals surface area contributed by atoms with E-state index in [0.29, 0.717) is 26.2 Å². The maximum absolute atomic E-state index is 13.7. The predicted octanol–water partition coefficient (Wildman–Crippen LogP) is 3.40. The molecule has 2 aliphatic heterocycles. The van der Waals surface area contributed by atoms with E-state index in [1.807, 2.05) is 41.8 Å². The van der Waals surface area contributed by atoms with Crippen LogP contribution in [-0.2, 0) is 14.3 Å². The number of hydrogen-bond donors (Lipinski definition) is 0. The van der Waals surface area contributed by atoms with Crippen LogP contribution < -0.4 is 4.74 Å². The van der Waals surface area contributed by atoms with E-state index in [1.165, 1.54) is 0 Å². The van der Waals surface area contributed by atoms with E-state index in [9.17, 15) is 9.59 Å². The molecule has 5 rings (SSSR count). The monoisotopic (exact) mass is 510 g/mol. The van der Waals surface area contributed by atoms with Gasteiger partial charge in [0, 0.05) is 38.5 Å². The summed E-state index contributed by atoms with van der Waals surface area (Å²) >= 11 is 1.63. The third-order valence-corrected chi connectivity index (χ3v) is 8.27. The highest BCUT2D eigenvalue weighted by Crippen LogP contribution is 2.35. The summed E-state index contributed by atoms with van der Waals surface area (Å²) < 4.78 is 10.8. The second-order valence-corrected chi connectivity index (χ2v) is 10.5. The fourth-order valence-corrected chi connectivity index (χ4v) is 5.64. The second kappa shape index (κ2) is 11.5. The number of carbonyl (C=O) groups excluding carboxylic acids is 2. The third-order valence-electron chi connectivity index (χ3n) is 7.35. The lowest BCUT2D eigenvalue weighted by atomic mass is 9.84. The van der Waals surface area contributed by atoms with Gasteiger partial charge in [-0.3, -0.25) is 14.5 Å². The lowest BCUT2D eigenvalue weighted by Gasteiger charge is -2.34. The Morgan fingerprint density at radius 2 is 1.94 bits per heavy atom. The van der Waals surface area contributed by atoms with Crippen molar-refractivity contribution in [1.29, 1.82) is 0 Å². The van der Waals surface area contributed by atoms with Crippen LogP contribution >= 0.6 is 11.3 Å². The maximum atomic E-state index is 13.7. The van der Waals surface area contributed by atoms with Gasteiger partial charge in [-0.2, -0.15) is 5.10 Å².